The van der Waals surface area contributed by atoms with Gasteiger partial charge in [0.05, 0.1) is 0 Å². The third kappa shape index (κ3) is 4.72. The molecule has 0 heterocycles. The Labute approximate surface area is 110 Å². The highest BCUT2D eigenvalue weighted by Crippen LogP contribution is 2.25. The van der Waals surface area contributed by atoms with Crippen LogP contribution >= 0.6 is 11.8 Å². The largest absolute Gasteiger partial charge is 0.330 e. The molecule has 1 aromatic carbocycles. The van der Waals surface area contributed by atoms with Gasteiger partial charge in [-0.25, -0.2) is 0 Å². The van der Waals surface area contributed by atoms with E-state index >= 15 is 0 Å². The second-order valence-corrected chi connectivity index (χ2v) is 6.77. The molecule has 0 aromatic heterocycles. The molecule has 0 saturated heterocycles. The Morgan fingerprint density at radius 3 is 2.47 bits per heavy atom. The maximum Gasteiger partial charge on any atom is 0.00559 e. The molecule has 96 valence electrons. The summed E-state index contributed by atoms with van der Waals surface area (Å²) in [5, 5.41) is 0. The van der Waals surface area contributed by atoms with Crippen molar-refractivity contribution in [1.29, 1.82) is 0 Å². The summed E-state index contributed by atoms with van der Waals surface area (Å²) < 4.78 is 0. The summed E-state index contributed by atoms with van der Waals surface area (Å²) in [4.78, 5) is 0. The predicted octanol–water partition coefficient (Wildman–Crippen LogP) is 3.53. The number of hydrogen-bond donors (Lipinski definition) is 1. The van der Waals surface area contributed by atoms with Crippen molar-refractivity contribution in [3.05, 3.63) is 34.9 Å². The van der Waals surface area contributed by atoms with Crippen molar-refractivity contribution in [3.63, 3.8) is 0 Å². The Morgan fingerprint density at radius 2 is 1.88 bits per heavy atom. The molecule has 0 fully saturated rings. The topological polar surface area (TPSA) is 26.0 Å². The summed E-state index contributed by atoms with van der Waals surface area (Å²) in [6.07, 6.45) is 1.15. The standard InChI is InChI=1S/C15H25NS/c1-12-5-6-14(15(2,3)4)11-13(12)7-9-17-10-8-16/h5-6,11H,7-10,16H2,1-4H3. The molecule has 2 N–H and O–H groups in total. The van der Waals surface area contributed by atoms with Gasteiger partial charge in [0.15, 0.2) is 0 Å². The maximum atomic E-state index is 5.50. The lowest BCUT2D eigenvalue weighted by Crippen LogP contribution is -2.12. The van der Waals surface area contributed by atoms with Crippen LogP contribution in [0.25, 0.3) is 0 Å². The number of thioether (sulfide) groups is 1. The highest BCUT2D eigenvalue weighted by Gasteiger charge is 2.14. The monoisotopic (exact) mass is 251 g/mol. The summed E-state index contributed by atoms with van der Waals surface area (Å²) in [7, 11) is 0. The molecule has 0 bridgehead atoms. The van der Waals surface area contributed by atoms with Crippen LogP contribution in [0, 0.1) is 6.92 Å². The van der Waals surface area contributed by atoms with Gasteiger partial charge in [0, 0.05) is 12.3 Å². The zero-order valence-corrected chi connectivity index (χ0v) is 12.4. The Balaban J connectivity index is 2.70. The van der Waals surface area contributed by atoms with Gasteiger partial charge < -0.3 is 5.73 Å². The molecule has 2 heteroatoms. The molecule has 0 radical (unpaired) electrons. The fraction of sp³-hybridized carbons (Fsp3) is 0.600. The molecule has 0 aliphatic carbocycles. The third-order valence-electron chi connectivity index (χ3n) is 2.99. The molecule has 1 nitrogen and oxygen atoms in total. The van der Waals surface area contributed by atoms with Crippen LogP contribution in [0.4, 0.5) is 0 Å². The lowest BCUT2D eigenvalue weighted by Gasteiger charge is -2.20. The summed E-state index contributed by atoms with van der Waals surface area (Å²) in [5.41, 5.74) is 10.1. The average molecular weight is 251 g/mol. The lowest BCUT2D eigenvalue weighted by molar-refractivity contribution is 0.589. The van der Waals surface area contributed by atoms with Crippen molar-refractivity contribution < 1.29 is 0 Å². The lowest BCUT2D eigenvalue weighted by atomic mass is 9.85. The van der Waals surface area contributed by atoms with Crippen molar-refractivity contribution in [1.82, 2.24) is 0 Å². The number of hydrogen-bond acceptors (Lipinski definition) is 2. The zero-order chi connectivity index (χ0) is 12.9. The second-order valence-electron chi connectivity index (χ2n) is 5.54. The van der Waals surface area contributed by atoms with Crippen LogP contribution in [-0.4, -0.2) is 18.1 Å². The first-order chi connectivity index (χ1) is 7.95. The molecule has 1 rings (SSSR count). The summed E-state index contributed by atoms with van der Waals surface area (Å²) in [5.74, 6) is 2.24. The van der Waals surface area contributed by atoms with E-state index in [2.05, 4.69) is 45.9 Å². The van der Waals surface area contributed by atoms with Crippen molar-refractivity contribution in [2.75, 3.05) is 18.1 Å². The molecule has 17 heavy (non-hydrogen) atoms. The van der Waals surface area contributed by atoms with Crippen LogP contribution in [0.15, 0.2) is 18.2 Å². The normalized spacial score (nSPS) is 11.8. The zero-order valence-electron chi connectivity index (χ0n) is 11.5. The molecular formula is C15H25NS. The highest BCUT2D eigenvalue weighted by atomic mass is 32.2. The van der Waals surface area contributed by atoms with Crippen molar-refractivity contribution in [2.24, 2.45) is 5.73 Å². The number of nitrogens with two attached hydrogens (primary N) is 1. The Kier molecular flexibility index (Phi) is 5.54. The van der Waals surface area contributed by atoms with Gasteiger partial charge in [0.2, 0.25) is 0 Å². The molecule has 0 saturated carbocycles. The van der Waals surface area contributed by atoms with Gasteiger partial charge >= 0.3 is 0 Å². The molecule has 0 atom stereocenters. The van der Waals surface area contributed by atoms with Gasteiger partial charge in [-0.2, -0.15) is 11.8 Å². The van der Waals surface area contributed by atoms with Gasteiger partial charge in [-0.15, -0.1) is 0 Å². The Bertz CT molecular complexity index is 352. The molecular weight excluding hydrogens is 226 g/mol. The van der Waals surface area contributed by atoms with Crippen LogP contribution in [0.3, 0.4) is 0 Å². The van der Waals surface area contributed by atoms with Gasteiger partial charge in [0.1, 0.15) is 0 Å². The summed E-state index contributed by atoms with van der Waals surface area (Å²) in [6.45, 7) is 9.79. The van der Waals surface area contributed by atoms with Crippen LogP contribution in [0.1, 0.15) is 37.5 Å². The molecule has 0 spiro atoms. The predicted molar refractivity (Wildman–Crippen MR) is 80.0 cm³/mol. The van der Waals surface area contributed by atoms with E-state index in [0.717, 1.165) is 18.7 Å². The minimum absolute atomic E-state index is 0.243. The van der Waals surface area contributed by atoms with E-state index in [0.29, 0.717) is 0 Å². The van der Waals surface area contributed by atoms with Crippen molar-refractivity contribution in [3.8, 4) is 0 Å². The molecule has 1 aromatic rings. The van der Waals surface area contributed by atoms with Crippen LogP contribution in [0.5, 0.6) is 0 Å². The molecule has 0 aliphatic heterocycles. The van der Waals surface area contributed by atoms with E-state index in [1.54, 1.807) is 0 Å². The maximum absolute atomic E-state index is 5.50. The van der Waals surface area contributed by atoms with Crippen LogP contribution in [-0.2, 0) is 11.8 Å². The van der Waals surface area contributed by atoms with Gasteiger partial charge in [-0.3, -0.25) is 0 Å². The highest BCUT2D eigenvalue weighted by molar-refractivity contribution is 7.99. The minimum Gasteiger partial charge on any atom is -0.330 e. The quantitative estimate of drug-likeness (QED) is 0.810. The third-order valence-corrected chi connectivity index (χ3v) is 4.01. The summed E-state index contributed by atoms with van der Waals surface area (Å²) in [6, 6.07) is 6.88. The molecule has 0 unspecified atom stereocenters. The van der Waals surface area contributed by atoms with Crippen LogP contribution in [0.2, 0.25) is 0 Å². The minimum atomic E-state index is 0.243. The fourth-order valence-corrected chi connectivity index (χ4v) is 2.51. The van der Waals surface area contributed by atoms with Crippen molar-refractivity contribution in [2.45, 2.75) is 39.5 Å². The van der Waals surface area contributed by atoms with Crippen molar-refractivity contribution >= 4 is 11.8 Å². The van der Waals surface area contributed by atoms with Crippen LogP contribution < -0.4 is 5.73 Å². The molecule has 0 aliphatic rings. The van der Waals surface area contributed by atoms with E-state index < -0.39 is 0 Å². The first-order valence-electron chi connectivity index (χ1n) is 6.33. The number of rotatable bonds is 5. The second kappa shape index (κ2) is 6.46. The first kappa shape index (κ1) is 14.6. The first-order valence-corrected chi connectivity index (χ1v) is 7.48. The SMILES string of the molecule is Cc1ccc(C(C)(C)C)cc1CCSCCN. The van der Waals surface area contributed by atoms with Gasteiger partial charge in [-0.05, 0) is 41.2 Å². The number of benzene rings is 1. The Morgan fingerprint density at radius 1 is 1.18 bits per heavy atom. The van der Waals surface area contributed by atoms with E-state index in [-0.39, 0.29) is 5.41 Å². The van der Waals surface area contributed by atoms with Gasteiger partial charge in [0.25, 0.3) is 0 Å². The fourth-order valence-electron chi connectivity index (χ4n) is 1.77. The summed E-state index contributed by atoms with van der Waals surface area (Å²) >= 11 is 1.95. The Hall–Kier alpha value is -0.470. The smallest absolute Gasteiger partial charge is 0.00559 e. The van der Waals surface area contributed by atoms with E-state index in [1.165, 1.54) is 22.4 Å². The van der Waals surface area contributed by atoms with Gasteiger partial charge in [-0.1, -0.05) is 39.0 Å². The average Bonchev–Trinajstić information content (AvgIpc) is 2.25. The van der Waals surface area contributed by atoms with E-state index in [1.807, 2.05) is 11.8 Å². The van der Waals surface area contributed by atoms with E-state index in [9.17, 15) is 0 Å². The van der Waals surface area contributed by atoms with E-state index in [4.69, 9.17) is 5.73 Å². The number of aryl methyl sites for hydroxylation is 2. The molecule has 0 amide bonds.